The van der Waals surface area contributed by atoms with Crippen LogP contribution >= 0.6 is 0 Å². The van der Waals surface area contributed by atoms with Crippen molar-refractivity contribution in [3.05, 3.63) is 0 Å². The lowest BCUT2D eigenvalue weighted by Crippen LogP contribution is -2.31. The third-order valence-electron chi connectivity index (χ3n) is 1.92. The molecule has 0 aliphatic rings. The molecule has 0 saturated carbocycles. The Morgan fingerprint density at radius 2 is 2.00 bits per heavy atom. The quantitative estimate of drug-likeness (QED) is 0.511. The van der Waals surface area contributed by atoms with Crippen molar-refractivity contribution < 1.29 is 18.7 Å². The molecule has 5 nitrogen and oxygen atoms in total. The minimum atomic E-state index is -1.17. The zero-order valence-corrected chi connectivity index (χ0v) is 10.6. The smallest absolute Gasteiger partial charge is 0.216 e. The van der Waals surface area contributed by atoms with Gasteiger partial charge in [0.15, 0.2) is 0 Å². The van der Waals surface area contributed by atoms with Crippen molar-refractivity contribution in [3.8, 4) is 0 Å². The van der Waals surface area contributed by atoms with Gasteiger partial charge in [-0.2, -0.15) is 0 Å². The summed E-state index contributed by atoms with van der Waals surface area (Å²) in [7, 11) is 0. The van der Waals surface area contributed by atoms with E-state index >= 15 is 0 Å². The van der Waals surface area contributed by atoms with Crippen molar-refractivity contribution in [2.75, 3.05) is 46.1 Å². The van der Waals surface area contributed by atoms with E-state index in [1.54, 1.807) is 0 Å². The molecule has 0 heterocycles. The van der Waals surface area contributed by atoms with E-state index in [9.17, 15) is 9.18 Å². The Morgan fingerprint density at radius 3 is 2.65 bits per heavy atom. The SMILES string of the molecule is CCNCCOCCOCC(F)CNC(C)=O. The van der Waals surface area contributed by atoms with E-state index in [4.69, 9.17) is 9.47 Å². The largest absolute Gasteiger partial charge is 0.378 e. The van der Waals surface area contributed by atoms with Gasteiger partial charge in [-0.1, -0.05) is 6.92 Å². The molecule has 102 valence electrons. The number of halogens is 1. The number of hydrogen-bond acceptors (Lipinski definition) is 4. The number of hydrogen-bond donors (Lipinski definition) is 2. The van der Waals surface area contributed by atoms with Gasteiger partial charge in [0, 0.05) is 13.5 Å². The normalized spacial score (nSPS) is 12.4. The zero-order valence-electron chi connectivity index (χ0n) is 10.6. The highest BCUT2D eigenvalue weighted by Crippen LogP contribution is 1.90. The fourth-order valence-electron chi connectivity index (χ4n) is 1.07. The van der Waals surface area contributed by atoms with Crippen LogP contribution in [0.5, 0.6) is 0 Å². The number of ether oxygens (including phenoxy) is 2. The lowest BCUT2D eigenvalue weighted by Gasteiger charge is -2.10. The molecule has 2 N–H and O–H groups in total. The summed E-state index contributed by atoms with van der Waals surface area (Å²) in [6.45, 7) is 6.54. The van der Waals surface area contributed by atoms with Crippen LogP contribution in [0.2, 0.25) is 0 Å². The second-order valence-corrected chi connectivity index (χ2v) is 3.58. The molecule has 17 heavy (non-hydrogen) atoms. The molecule has 1 atom stereocenters. The van der Waals surface area contributed by atoms with Gasteiger partial charge in [0.1, 0.15) is 6.17 Å². The first-order chi connectivity index (χ1) is 8.16. The van der Waals surface area contributed by atoms with Gasteiger partial charge in [0.2, 0.25) is 5.91 Å². The molecule has 6 heteroatoms. The van der Waals surface area contributed by atoms with Gasteiger partial charge in [-0.3, -0.25) is 4.79 Å². The van der Waals surface area contributed by atoms with Crippen molar-refractivity contribution in [1.82, 2.24) is 10.6 Å². The van der Waals surface area contributed by atoms with Gasteiger partial charge in [-0.25, -0.2) is 4.39 Å². The third kappa shape index (κ3) is 13.2. The maximum atomic E-state index is 13.0. The average molecular weight is 250 g/mol. The summed E-state index contributed by atoms with van der Waals surface area (Å²) in [5.41, 5.74) is 0. The van der Waals surface area contributed by atoms with Crippen LogP contribution in [0.25, 0.3) is 0 Å². The predicted octanol–water partition coefficient (Wildman–Crippen LogP) is 0.103. The van der Waals surface area contributed by atoms with Gasteiger partial charge in [0.05, 0.1) is 33.0 Å². The standard InChI is InChI=1S/C11H23FN2O3/c1-3-13-4-5-16-6-7-17-9-11(12)8-14-10(2)15/h11,13H,3-9H2,1-2H3,(H,14,15). The number of likely N-dealkylation sites (N-methyl/N-ethyl adjacent to an activating group) is 1. The molecule has 0 rings (SSSR count). The molecule has 0 fully saturated rings. The molecule has 1 unspecified atom stereocenters. The van der Waals surface area contributed by atoms with E-state index in [0.717, 1.165) is 13.1 Å². The highest BCUT2D eigenvalue weighted by molar-refractivity contribution is 5.72. The van der Waals surface area contributed by atoms with E-state index in [1.807, 2.05) is 6.92 Å². The Hall–Kier alpha value is -0.720. The van der Waals surface area contributed by atoms with Gasteiger partial charge in [-0.15, -0.1) is 0 Å². The van der Waals surface area contributed by atoms with Crippen molar-refractivity contribution in [2.45, 2.75) is 20.0 Å². The van der Waals surface area contributed by atoms with Crippen molar-refractivity contribution >= 4 is 5.91 Å². The number of alkyl halides is 1. The summed E-state index contributed by atoms with van der Waals surface area (Å²) in [4.78, 5) is 10.5. The van der Waals surface area contributed by atoms with E-state index < -0.39 is 6.17 Å². The van der Waals surface area contributed by atoms with Gasteiger partial charge < -0.3 is 20.1 Å². The van der Waals surface area contributed by atoms with Gasteiger partial charge in [0.25, 0.3) is 0 Å². The Morgan fingerprint density at radius 1 is 1.29 bits per heavy atom. The number of carbonyl (C=O) groups excluding carboxylic acids is 1. The summed E-state index contributed by atoms with van der Waals surface area (Å²) in [6, 6.07) is 0. The molecule has 0 aliphatic carbocycles. The van der Waals surface area contributed by atoms with Crippen molar-refractivity contribution in [1.29, 1.82) is 0 Å². The first-order valence-corrected chi connectivity index (χ1v) is 5.91. The number of rotatable bonds is 11. The molecule has 0 aromatic carbocycles. The average Bonchev–Trinajstić information content (AvgIpc) is 2.30. The molecular weight excluding hydrogens is 227 g/mol. The first kappa shape index (κ1) is 16.3. The van der Waals surface area contributed by atoms with Crippen LogP contribution in [-0.2, 0) is 14.3 Å². The van der Waals surface area contributed by atoms with E-state index in [-0.39, 0.29) is 19.1 Å². The fraction of sp³-hybridized carbons (Fsp3) is 0.909. The van der Waals surface area contributed by atoms with Crippen molar-refractivity contribution in [3.63, 3.8) is 0 Å². The maximum absolute atomic E-state index is 13.0. The zero-order chi connectivity index (χ0) is 12.9. The highest BCUT2D eigenvalue weighted by Gasteiger charge is 2.06. The van der Waals surface area contributed by atoms with Gasteiger partial charge >= 0.3 is 0 Å². The molecule has 0 radical (unpaired) electrons. The minimum Gasteiger partial charge on any atom is -0.378 e. The molecule has 0 spiro atoms. The van der Waals surface area contributed by atoms with Gasteiger partial charge in [-0.05, 0) is 6.54 Å². The molecule has 1 amide bonds. The molecule has 0 aromatic heterocycles. The molecule has 0 bridgehead atoms. The number of carbonyl (C=O) groups is 1. The Balaban J connectivity index is 3.13. The van der Waals surface area contributed by atoms with Crippen LogP contribution in [0.15, 0.2) is 0 Å². The summed E-state index contributed by atoms with van der Waals surface area (Å²) in [5.74, 6) is -0.237. The van der Waals surface area contributed by atoms with Crippen LogP contribution in [0.1, 0.15) is 13.8 Å². The minimum absolute atomic E-state index is 0.00336. The van der Waals surface area contributed by atoms with Crippen LogP contribution < -0.4 is 10.6 Å². The third-order valence-corrected chi connectivity index (χ3v) is 1.92. The number of amides is 1. The van der Waals surface area contributed by atoms with Crippen LogP contribution in [0.4, 0.5) is 4.39 Å². The van der Waals surface area contributed by atoms with E-state index in [0.29, 0.717) is 19.8 Å². The lowest BCUT2D eigenvalue weighted by atomic mass is 10.4. The lowest BCUT2D eigenvalue weighted by molar-refractivity contribution is -0.119. The second-order valence-electron chi connectivity index (χ2n) is 3.58. The summed E-state index contributed by atoms with van der Waals surface area (Å²) in [6.07, 6.45) is -1.17. The topological polar surface area (TPSA) is 59.6 Å². The summed E-state index contributed by atoms with van der Waals surface area (Å²) in [5, 5.41) is 5.51. The van der Waals surface area contributed by atoms with Crippen molar-refractivity contribution in [2.24, 2.45) is 0 Å². The summed E-state index contributed by atoms with van der Waals surface area (Å²) >= 11 is 0. The first-order valence-electron chi connectivity index (χ1n) is 5.91. The number of nitrogens with one attached hydrogen (secondary N) is 2. The maximum Gasteiger partial charge on any atom is 0.216 e. The molecule has 0 aromatic rings. The fourth-order valence-corrected chi connectivity index (χ4v) is 1.07. The Kier molecular flexibility index (Phi) is 11.3. The Labute approximate surface area is 102 Å². The van der Waals surface area contributed by atoms with E-state index in [1.165, 1.54) is 6.92 Å². The molecular formula is C11H23FN2O3. The molecule has 0 saturated heterocycles. The van der Waals surface area contributed by atoms with Crippen LogP contribution in [0, 0.1) is 0 Å². The Bertz CT molecular complexity index is 194. The predicted molar refractivity (Wildman–Crippen MR) is 63.8 cm³/mol. The monoisotopic (exact) mass is 250 g/mol. The van der Waals surface area contributed by atoms with E-state index in [2.05, 4.69) is 10.6 Å². The summed E-state index contributed by atoms with van der Waals surface area (Å²) < 4.78 is 23.3. The van der Waals surface area contributed by atoms with Crippen LogP contribution in [-0.4, -0.2) is 58.1 Å². The van der Waals surface area contributed by atoms with Crippen LogP contribution in [0.3, 0.4) is 0 Å². The second kappa shape index (κ2) is 11.8. The highest BCUT2D eigenvalue weighted by atomic mass is 19.1. The molecule has 0 aliphatic heterocycles.